The standard InChI is InChI=1S/C20H24N4O4.HI/c1-21-20(22-12-15-6-4-5-7-17(15)24(25)26)23-9-8-14-10-18(27-2)19(28-3)11-16(14)13-23;/h4-7,10-11H,8-9,12-13H2,1-3H3,(H,21,22);1H. The van der Waals surface area contributed by atoms with Gasteiger partial charge in [0.2, 0.25) is 0 Å². The fourth-order valence-corrected chi connectivity index (χ4v) is 3.41. The molecule has 1 N–H and O–H groups in total. The van der Waals surface area contributed by atoms with Gasteiger partial charge in [0.25, 0.3) is 5.69 Å². The molecule has 0 saturated heterocycles. The maximum Gasteiger partial charge on any atom is 0.274 e. The normalized spacial score (nSPS) is 13.2. The van der Waals surface area contributed by atoms with Gasteiger partial charge in [0.1, 0.15) is 0 Å². The van der Waals surface area contributed by atoms with Gasteiger partial charge in [-0.2, -0.15) is 0 Å². The summed E-state index contributed by atoms with van der Waals surface area (Å²) >= 11 is 0. The lowest BCUT2D eigenvalue weighted by Crippen LogP contribution is -2.43. The highest BCUT2D eigenvalue weighted by atomic mass is 127. The van der Waals surface area contributed by atoms with Crippen LogP contribution in [0.1, 0.15) is 16.7 Å². The molecule has 0 spiro atoms. The number of ether oxygens (including phenoxy) is 2. The van der Waals surface area contributed by atoms with Crippen LogP contribution in [-0.4, -0.2) is 43.6 Å². The lowest BCUT2D eigenvalue weighted by Gasteiger charge is -2.32. The first-order valence-electron chi connectivity index (χ1n) is 8.99. The van der Waals surface area contributed by atoms with E-state index in [9.17, 15) is 10.1 Å². The van der Waals surface area contributed by atoms with E-state index in [1.807, 2.05) is 12.1 Å². The third-order valence-corrected chi connectivity index (χ3v) is 4.85. The molecular weight excluding hydrogens is 487 g/mol. The number of nitrogens with zero attached hydrogens (tertiary/aromatic N) is 3. The molecule has 1 aliphatic rings. The van der Waals surface area contributed by atoms with Crippen molar-refractivity contribution in [3.05, 3.63) is 63.2 Å². The van der Waals surface area contributed by atoms with Crippen LogP contribution >= 0.6 is 24.0 Å². The van der Waals surface area contributed by atoms with E-state index < -0.39 is 0 Å². The second kappa shape index (κ2) is 10.3. The maximum absolute atomic E-state index is 11.2. The Morgan fingerprint density at radius 2 is 1.86 bits per heavy atom. The summed E-state index contributed by atoms with van der Waals surface area (Å²) in [7, 11) is 4.97. The molecule has 1 aliphatic heterocycles. The molecule has 8 nitrogen and oxygen atoms in total. The van der Waals surface area contributed by atoms with Gasteiger partial charge in [0, 0.05) is 38.3 Å². The quantitative estimate of drug-likeness (QED) is 0.217. The molecule has 0 aromatic heterocycles. The number of nitro groups is 1. The number of nitro benzene ring substituents is 1. The topological polar surface area (TPSA) is 89.2 Å². The summed E-state index contributed by atoms with van der Waals surface area (Å²) in [6, 6.07) is 10.7. The van der Waals surface area contributed by atoms with Gasteiger partial charge in [-0.15, -0.1) is 24.0 Å². The van der Waals surface area contributed by atoms with Gasteiger partial charge in [0.15, 0.2) is 17.5 Å². The van der Waals surface area contributed by atoms with E-state index in [0.29, 0.717) is 30.4 Å². The van der Waals surface area contributed by atoms with E-state index in [-0.39, 0.29) is 34.6 Å². The van der Waals surface area contributed by atoms with E-state index in [0.717, 1.165) is 24.3 Å². The number of rotatable bonds is 5. The molecule has 0 saturated carbocycles. The Morgan fingerprint density at radius 1 is 1.21 bits per heavy atom. The van der Waals surface area contributed by atoms with Crippen LogP contribution in [0.15, 0.2) is 41.4 Å². The van der Waals surface area contributed by atoms with Gasteiger partial charge < -0.3 is 19.7 Å². The smallest absolute Gasteiger partial charge is 0.274 e. The first-order valence-corrected chi connectivity index (χ1v) is 8.99. The van der Waals surface area contributed by atoms with Crippen molar-refractivity contribution in [1.29, 1.82) is 0 Å². The number of fused-ring (bicyclic) bond motifs is 1. The number of halogens is 1. The Balaban J connectivity index is 0.00000300. The van der Waals surface area contributed by atoms with Crippen LogP contribution in [0.5, 0.6) is 11.5 Å². The van der Waals surface area contributed by atoms with E-state index in [1.54, 1.807) is 39.5 Å². The van der Waals surface area contributed by atoms with Crippen molar-refractivity contribution in [2.24, 2.45) is 4.99 Å². The molecular formula is C20H25IN4O4. The van der Waals surface area contributed by atoms with Crippen LogP contribution in [0.25, 0.3) is 0 Å². The van der Waals surface area contributed by atoms with Gasteiger partial charge in [-0.3, -0.25) is 15.1 Å². The molecule has 0 fully saturated rings. The number of para-hydroxylation sites is 1. The van der Waals surface area contributed by atoms with Gasteiger partial charge in [0.05, 0.1) is 19.1 Å². The van der Waals surface area contributed by atoms with Crippen molar-refractivity contribution in [1.82, 2.24) is 10.2 Å². The predicted octanol–water partition coefficient (Wildman–Crippen LogP) is 3.36. The van der Waals surface area contributed by atoms with Crippen molar-refractivity contribution >= 4 is 35.6 Å². The second-order valence-electron chi connectivity index (χ2n) is 6.43. The molecule has 2 aromatic carbocycles. The van der Waals surface area contributed by atoms with Crippen LogP contribution in [0.3, 0.4) is 0 Å². The molecule has 9 heteroatoms. The number of guanidine groups is 1. The number of methoxy groups -OCH3 is 2. The number of aliphatic imine (C=N–C) groups is 1. The lowest BCUT2D eigenvalue weighted by molar-refractivity contribution is -0.385. The highest BCUT2D eigenvalue weighted by Crippen LogP contribution is 2.33. The van der Waals surface area contributed by atoms with Gasteiger partial charge in [-0.25, -0.2) is 0 Å². The molecule has 3 rings (SSSR count). The zero-order chi connectivity index (χ0) is 20.1. The van der Waals surface area contributed by atoms with Crippen LogP contribution in [0.2, 0.25) is 0 Å². The van der Waals surface area contributed by atoms with Crippen molar-refractivity contribution in [2.75, 3.05) is 27.8 Å². The molecule has 0 amide bonds. The SMILES string of the molecule is CN=C(NCc1ccccc1[N+](=O)[O-])N1CCc2cc(OC)c(OC)cc2C1.I. The van der Waals surface area contributed by atoms with Crippen LogP contribution in [0.4, 0.5) is 5.69 Å². The Bertz CT molecular complexity index is 904. The molecule has 156 valence electrons. The molecule has 0 atom stereocenters. The summed E-state index contributed by atoms with van der Waals surface area (Å²) in [4.78, 5) is 17.3. The Kier molecular flexibility index (Phi) is 8.06. The Morgan fingerprint density at radius 3 is 2.48 bits per heavy atom. The van der Waals surface area contributed by atoms with E-state index >= 15 is 0 Å². The minimum absolute atomic E-state index is 0. The molecule has 0 radical (unpaired) electrons. The Labute approximate surface area is 187 Å². The number of nitrogens with one attached hydrogen (secondary N) is 1. The maximum atomic E-state index is 11.2. The van der Waals surface area contributed by atoms with Crippen LogP contribution in [-0.2, 0) is 19.5 Å². The largest absolute Gasteiger partial charge is 0.493 e. The first-order chi connectivity index (χ1) is 13.6. The fraction of sp³-hybridized carbons (Fsp3) is 0.350. The zero-order valence-electron chi connectivity index (χ0n) is 16.7. The summed E-state index contributed by atoms with van der Waals surface area (Å²) in [6.07, 6.45) is 0.849. The van der Waals surface area contributed by atoms with E-state index in [2.05, 4.69) is 15.2 Å². The Hall–Kier alpha value is -2.56. The van der Waals surface area contributed by atoms with Crippen molar-refractivity contribution in [3.63, 3.8) is 0 Å². The summed E-state index contributed by atoms with van der Waals surface area (Å²) in [5.74, 6) is 2.14. The monoisotopic (exact) mass is 512 g/mol. The molecule has 29 heavy (non-hydrogen) atoms. The average molecular weight is 512 g/mol. The molecule has 0 bridgehead atoms. The van der Waals surface area contributed by atoms with Crippen molar-refractivity contribution < 1.29 is 14.4 Å². The number of hydrogen-bond acceptors (Lipinski definition) is 5. The number of hydrogen-bond donors (Lipinski definition) is 1. The second-order valence-corrected chi connectivity index (χ2v) is 6.43. The molecule has 2 aromatic rings. The molecule has 0 aliphatic carbocycles. The van der Waals surface area contributed by atoms with Crippen LogP contribution in [0, 0.1) is 10.1 Å². The third-order valence-electron chi connectivity index (χ3n) is 4.85. The minimum Gasteiger partial charge on any atom is -0.493 e. The minimum atomic E-state index is -0.365. The average Bonchev–Trinajstić information content (AvgIpc) is 2.73. The molecule has 1 heterocycles. The van der Waals surface area contributed by atoms with Gasteiger partial charge >= 0.3 is 0 Å². The highest BCUT2D eigenvalue weighted by Gasteiger charge is 2.22. The van der Waals surface area contributed by atoms with E-state index in [1.165, 1.54) is 11.6 Å². The van der Waals surface area contributed by atoms with Crippen LogP contribution < -0.4 is 14.8 Å². The van der Waals surface area contributed by atoms with Crippen molar-refractivity contribution in [3.8, 4) is 11.5 Å². The zero-order valence-corrected chi connectivity index (χ0v) is 19.0. The number of benzene rings is 2. The highest BCUT2D eigenvalue weighted by molar-refractivity contribution is 14.0. The third kappa shape index (κ3) is 5.08. The summed E-state index contributed by atoms with van der Waals surface area (Å²) in [5.41, 5.74) is 3.10. The summed E-state index contributed by atoms with van der Waals surface area (Å²) < 4.78 is 10.8. The van der Waals surface area contributed by atoms with Crippen molar-refractivity contribution in [2.45, 2.75) is 19.5 Å². The lowest BCUT2D eigenvalue weighted by atomic mass is 9.99. The first kappa shape index (κ1) is 22.7. The summed E-state index contributed by atoms with van der Waals surface area (Å²) in [6.45, 7) is 1.80. The summed E-state index contributed by atoms with van der Waals surface area (Å²) in [5, 5.41) is 14.5. The van der Waals surface area contributed by atoms with Gasteiger partial charge in [-0.1, -0.05) is 18.2 Å². The fourth-order valence-electron chi connectivity index (χ4n) is 3.41. The van der Waals surface area contributed by atoms with Gasteiger partial charge in [-0.05, 0) is 29.7 Å². The predicted molar refractivity (Wildman–Crippen MR) is 122 cm³/mol. The van der Waals surface area contributed by atoms with E-state index in [4.69, 9.17) is 9.47 Å². The molecule has 0 unspecified atom stereocenters.